The second kappa shape index (κ2) is 8.98. The largest absolute Gasteiger partial charge is 0.378 e. The van der Waals surface area contributed by atoms with Crippen molar-refractivity contribution in [2.24, 2.45) is 0 Å². The van der Waals surface area contributed by atoms with Gasteiger partial charge < -0.3 is 15.0 Å². The van der Waals surface area contributed by atoms with Crippen molar-refractivity contribution >= 4 is 51.8 Å². The maximum Gasteiger partial charge on any atom is 0.234 e. The van der Waals surface area contributed by atoms with Crippen molar-refractivity contribution in [2.45, 2.75) is 11.9 Å². The number of nitrogens with zero attached hydrogens (tertiary/aromatic N) is 3. The topological polar surface area (TPSA) is 67.4 Å². The van der Waals surface area contributed by atoms with Gasteiger partial charge >= 0.3 is 0 Å². The number of benzene rings is 2. The molecule has 2 heterocycles. The molecule has 0 unspecified atom stereocenters. The first-order valence-corrected chi connectivity index (χ1v) is 10.7. The van der Waals surface area contributed by atoms with E-state index in [0.717, 1.165) is 40.5 Å². The minimum atomic E-state index is -0.113. The number of halogens is 1. The zero-order valence-electron chi connectivity index (χ0n) is 16.0. The summed E-state index contributed by atoms with van der Waals surface area (Å²) in [5.41, 5.74) is 3.32. The number of thioether (sulfide) groups is 1. The van der Waals surface area contributed by atoms with Gasteiger partial charge in [0.1, 0.15) is 5.03 Å². The molecule has 1 N–H and O–H groups in total. The number of anilines is 2. The van der Waals surface area contributed by atoms with Gasteiger partial charge in [-0.15, -0.1) is 0 Å². The monoisotopic (exact) mass is 428 g/mol. The van der Waals surface area contributed by atoms with Crippen LogP contribution in [0.15, 0.2) is 47.5 Å². The first kappa shape index (κ1) is 19.9. The molecule has 1 fully saturated rings. The lowest BCUT2D eigenvalue weighted by molar-refractivity contribution is -0.113. The average Bonchev–Trinajstić information content (AvgIpc) is 2.75. The summed E-state index contributed by atoms with van der Waals surface area (Å²) in [6, 6.07) is 13.3. The molecule has 8 heteroatoms. The Labute approximate surface area is 178 Å². The third-order valence-electron chi connectivity index (χ3n) is 4.63. The Balaban J connectivity index is 1.52. The molecule has 0 spiro atoms. The third-order valence-corrected chi connectivity index (χ3v) is 5.99. The summed E-state index contributed by atoms with van der Waals surface area (Å²) < 4.78 is 5.46. The van der Waals surface area contributed by atoms with E-state index in [0.29, 0.717) is 23.9 Å². The van der Waals surface area contributed by atoms with E-state index >= 15 is 0 Å². The van der Waals surface area contributed by atoms with Gasteiger partial charge in [-0.2, -0.15) is 0 Å². The van der Waals surface area contributed by atoms with E-state index in [1.807, 2.05) is 43.3 Å². The quantitative estimate of drug-likeness (QED) is 0.615. The maximum atomic E-state index is 12.5. The van der Waals surface area contributed by atoms with Gasteiger partial charge in [-0.3, -0.25) is 4.79 Å². The number of hydrogen-bond donors (Lipinski definition) is 1. The van der Waals surface area contributed by atoms with E-state index in [4.69, 9.17) is 26.3 Å². The van der Waals surface area contributed by atoms with Crippen LogP contribution < -0.4 is 10.2 Å². The van der Waals surface area contributed by atoms with E-state index < -0.39 is 0 Å². The summed E-state index contributed by atoms with van der Waals surface area (Å²) in [7, 11) is 0. The van der Waals surface area contributed by atoms with Gasteiger partial charge in [-0.1, -0.05) is 41.6 Å². The molecule has 0 aliphatic carbocycles. The number of aromatic nitrogens is 2. The smallest absolute Gasteiger partial charge is 0.234 e. The Morgan fingerprint density at radius 2 is 1.90 bits per heavy atom. The van der Waals surface area contributed by atoms with Gasteiger partial charge in [0.25, 0.3) is 0 Å². The molecule has 1 aliphatic rings. The van der Waals surface area contributed by atoms with Gasteiger partial charge in [0.15, 0.2) is 5.82 Å². The lowest BCUT2D eigenvalue weighted by atomic mass is 10.2. The maximum absolute atomic E-state index is 12.5. The molecule has 0 saturated carbocycles. The standard InChI is InChI=1S/C21H21ClN4O2S/c1-14-6-7-15(12-16(14)22)23-19(27)13-29-21-20(26-8-10-28-11-9-26)24-17-4-2-3-5-18(17)25-21/h2-7,12H,8-11,13H2,1H3,(H,23,27). The number of para-hydroxylation sites is 2. The molecular weight excluding hydrogens is 408 g/mol. The summed E-state index contributed by atoms with van der Waals surface area (Å²) in [6.07, 6.45) is 0. The second-order valence-corrected chi connectivity index (χ2v) is 8.11. The molecule has 4 rings (SSSR count). The van der Waals surface area contributed by atoms with Crippen LogP contribution in [0.4, 0.5) is 11.5 Å². The molecule has 3 aromatic rings. The van der Waals surface area contributed by atoms with Gasteiger partial charge in [0.05, 0.1) is 30.0 Å². The second-order valence-electron chi connectivity index (χ2n) is 6.74. The summed E-state index contributed by atoms with van der Waals surface area (Å²) in [5, 5.41) is 4.27. The molecule has 2 aromatic carbocycles. The minimum Gasteiger partial charge on any atom is -0.378 e. The fourth-order valence-electron chi connectivity index (χ4n) is 3.05. The number of hydrogen-bond acceptors (Lipinski definition) is 6. The zero-order valence-corrected chi connectivity index (χ0v) is 17.6. The molecule has 1 aliphatic heterocycles. The summed E-state index contributed by atoms with van der Waals surface area (Å²) in [4.78, 5) is 24.2. The highest BCUT2D eigenvalue weighted by atomic mass is 35.5. The van der Waals surface area contributed by atoms with Crippen LogP contribution in [0.5, 0.6) is 0 Å². The van der Waals surface area contributed by atoms with Crippen molar-refractivity contribution in [3.8, 4) is 0 Å². The number of ether oxygens (including phenoxy) is 1. The van der Waals surface area contributed by atoms with Crippen molar-refractivity contribution in [2.75, 3.05) is 42.3 Å². The molecule has 6 nitrogen and oxygen atoms in total. The molecule has 1 saturated heterocycles. The summed E-state index contributed by atoms with van der Waals surface area (Å²) in [6.45, 7) is 4.76. The van der Waals surface area contributed by atoms with Crippen LogP contribution in [-0.4, -0.2) is 47.9 Å². The lowest BCUT2D eigenvalue weighted by Gasteiger charge is -2.29. The number of morpholine rings is 1. The van der Waals surface area contributed by atoms with E-state index in [1.165, 1.54) is 11.8 Å². The van der Waals surface area contributed by atoms with Crippen molar-refractivity contribution < 1.29 is 9.53 Å². The molecular formula is C21H21ClN4O2S. The predicted octanol–water partition coefficient (Wildman–Crippen LogP) is 4.16. The van der Waals surface area contributed by atoms with Crippen LogP contribution in [0.2, 0.25) is 5.02 Å². The van der Waals surface area contributed by atoms with Crippen molar-refractivity contribution in [1.82, 2.24) is 9.97 Å². The molecule has 29 heavy (non-hydrogen) atoms. The summed E-state index contributed by atoms with van der Waals surface area (Å²) in [5.74, 6) is 0.927. The van der Waals surface area contributed by atoms with Crippen molar-refractivity contribution in [3.05, 3.63) is 53.1 Å². The predicted molar refractivity (Wildman–Crippen MR) is 118 cm³/mol. The van der Waals surface area contributed by atoms with Gasteiger partial charge in [0.2, 0.25) is 5.91 Å². The Morgan fingerprint density at radius 1 is 1.17 bits per heavy atom. The van der Waals surface area contributed by atoms with Crippen molar-refractivity contribution in [3.63, 3.8) is 0 Å². The number of fused-ring (bicyclic) bond motifs is 1. The number of rotatable bonds is 5. The Hall–Kier alpha value is -2.35. The lowest BCUT2D eigenvalue weighted by Crippen LogP contribution is -2.37. The van der Waals surface area contributed by atoms with E-state index in [-0.39, 0.29) is 11.7 Å². The highest BCUT2D eigenvalue weighted by molar-refractivity contribution is 8.00. The van der Waals surface area contributed by atoms with Crippen LogP contribution in [0.3, 0.4) is 0 Å². The average molecular weight is 429 g/mol. The van der Waals surface area contributed by atoms with Gasteiger partial charge in [-0.05, 0) is 36.8 Å². The van der Waals surface area contributed by atoms with Crippen LogP contribution >= 0.6 is 23.4 Å². The van der Waals surface area contributed by atoms with Crippen LogP contribution in [0, 0.1) is 6.92 Å². The SMILES string of the molecule is Cc1ccc(NC(=O)CSc2nc3ccccc3nc2N2CCOCC2)cc1Cl. The number of aryl methyl sites for hydroxylation is 1. The highest BCUT2D eigenvalue weighted by Crippen LogP contribution is 2.30. The number of carbonyl (C=O) groups is 1. The zero-order chi connectivity index (χ0) is 20.2. The van der Waals surface area contributed by atoms with E-state index in [1.54, 1.807) is 6.07 Å². The summed E-state index contributed by atoms with van der Waals surface area (Å²) >= 11 is 7.53. The minimum absolute atomic E-state index is 0.113. The highest BCUT2D eigenvalue weighted by Gasteiger charge is 2.19. The molecule has 0 atom stereocenters. The van der Waals surface area contributed by atoms with Crippen LogP contribution in [0.25, 0.3) is 11.0 Å². The van der Waals surface area contributed by atoms with Crippen LogP contribution in [0.1, 0.15) is 5.56 Å². The fourth-order valence-corrected chi connectivity index (χ4v) is 4.04. The van der Waals surface area contributed by atoms with Crippen LogP contribution in [-0.2, 0) is 9.53 Å². The molecule has 1 aromatic heterocycles. The number of carbonyl (C=O) groups excluding carboxylic acids is 1. The fraction of sp³-hybridized carbons (Fsp3) is 0.286. The molecule has 150 valence electrons. The normalized spacial score (nSPS) is 14.2. The van der Waals surface area contributed by atoms with Gasteiger partial charge in [0, 0.05) is 23.8 Å². The Kier molecular flexibility index (Phi) is 6.18. The van der Waals surface area contributed by atoms with Crippen molar-refractivity contribution in [1.29, 1.82) is 0 Å². The first-order valence-electron chi connectivity index (χ1n) is 9.38. The Bertz CT molecular complexity index is 1040. The van der Waals surface area contributed by atoms with Gasteiger partial charge in [-0.25, -0.2) is 9.97 Å². The first-order chi connectivity index (χ1) is 14.1. The molecule has 0 radical (unpaired) electrons. The van der Waals surface area contributed by atoms with E-state index in [2.05, 4.69) is 10.2 Å². The third kappa shape index (κ3) is 4.80. The molecule has 1 amide bonds. The number of amides is 1. The molecule has 0 bridgehead atoms. The number of nitrogens with one attached hydrogen (secondary N) is 1. The van der Waals surface area contributed by atoms with E-state index in [9.17, 15) is 4.79 Å². The Morgan fingerprint density at radius 3 is 2.62 bits per heavy atom.